The normalized spacial score (nSPS) is 11.3. The van der Waals surface area contributed by atoms with Crippen molar-refractivity contribution in [2.24, 2.45) is 0 Å². The molecule has 0 aromatic rings. The molecule has 0 aromatic carbocycles. The molecule has 0 saturated heterocycles. The van der Waals surface area contributed by atoms with Crippen LogP contribution in [0.4, 0.5) is 0 Å². The van der Waals surface area contributed by atoms with E-state index >= 15 is 0 Å². The van der Waals surface area contributed by atoms with Gasteiger partial charge in [-0.15, -0.1) is 0 Å². The molecule has 2 heteroatoms. The molecule has 0 radical (unpaired) electrons. The lowest BCUT2D eigenvalue weighted by molar-refractivity contribution is -0.311. The Morgan fingerprint density at radius 3 is 2.33 bits per heavy atom. The fraction of sp³-hybridized carbons (Fsp3) is 0.500. The van der Waals surface area contributed by atoms with Crippen molar-refractivity contribution < 1.29 is 5.11 Å². The van der Waals surface area contributed by atoms with E-state index in [1.165, 1.54) is 6.08 Å². The largest absolute Gasteiger partial charge is 0.861 e. The molecule has 0 fully saturated rings. The monoisotopic (exact) mass is 86.1 g/mol. The smallest absolute Gasteiger partial charge is 0.00220 e. The van der Waals surface area contributed by atoms with Gasteiger partial charge in [0.15, 0.2) is 0 Å². The Balaban J connectivity index is 3.22. The van der Waals surface area contributed by atoms with E-state index in [0.29, 0.717) is 0 Å². The molecule has 0 aromatic heterocycles. The first-order chi connectivity index (χ1) is 2.81. The van der Waals surface area contributed by atoms with Crippen LogP contribution >= 0.6 is 0 Å². The number of hydrogen-bond acceptors (Lipinski definition) is 2. The van der Waals surface area contributed by atoms with Crippen molar-refractivity contribution in [2.75, 3.05) is 7.05 Å². The van der Waals surface area contributed by atoms with E-state index in [9.17, 15) is 5.11 Å². The minimum Gasteiger partial charge on any atom is -0.861 e. The number of hydrogen-bond donors (Lipinski definition) is 1. The Hall–Kier alpha value is -0.660. The molecule has 0 rings (SSSR count). The molecular weight excluding hydrogens is 78.0 g/mol. The lowest BCUT2D eigenvalue weighted by atomic mass is 10.6. The van der Waals surface area contributed by atoms with Crippen LogP contribution in [0.3, 0.4) is 0 Å². The Bertz CT molecular complexity index is 58.6. The molecule has 0 spiro atoms. The molecular formula is C4H8NO-. The number of nitrogens with one attached hydrogen (secondary N) is 1. The SMILES string of the molecule is CC=C([O-])NC. The number of allylic oxidation sites excluding steroid dienone is 1. The first-order valence-corrected chi connectivity index (χ1v) is 1.82. The van der Waals surface area contributed by atoms with Gasteiger partial charge < -0.3 is 10.4 Å². The van der Waals surface area contributed by atoms with Crippen LogP contribution < -0.4 is 10.4 Å². The topological polar surface area (TPSA) is 35.1 Å². The molecule has 6 heavy (non-hydrogen) atoms. The average molecular weight is 86.1 g/mol. The van der Waals surface area contributed by atoms with E-state index in [2.05, 4.69) is 5.32 Å². The molecule has 0 bridgehead atoms. The standard InChI is InChI=1S/C4H9NO/c1-3-4(6)5-2/h3,5-6H,1-2H3/p-1. The van der Waals surface area contributed by atoms with Gasteiger partial charge in [-0.1, -0.05) is 12.0 Å². The predicted molar refractivity (Wildman–Crippen MR) is 22.8 cm³/mol. The third kappa shape index (κ3) is 1.64. The van der Waals surface area contributed by atoms with E-state index in [0.717, 1.165) is 0 Å². The highest BCUT2D eigenvalue weighted by Gasteiger charge is 1.58. The zero-order chi connectivity index (χ0) is 4.99. The van der Waals surface area contributed by atoms with Crippen LogP contribution in [0.1, 0.15) is 6.92 Å². The van der Waals surface area contributed by atoms with E-state index in [-0.39, 0.29) is 5.88 Å². The molecule has 0 aliphatic carbocycles. The second-order valence-electron chi connectivity index (χ2n) is 0.903. The van der Waals surface area contributed by atoms with E-state index in [4.69, 9.17) is 0 Å². The summed E-state index contributed by atoms with van der Waals surface area (Å²) in [4.78, 5) is 0. The van der Waals surface area contributed by atoms with E-state index < -0.39 is 0 Å². The fourth-order valence-electron chi connectivity index (χ4n) is 0.144. The summed E-state index contributed by atoms with van der Waals surface area (Å²) in [6.07, 6.45) is 1.47. The van der Waals surface area contributed by atoms with Gasteiger partial charge in [-0.25, -0.2) is 0 Å². The highest BCUT2D eigenvalue weighted by atomic mass is 16.3. The van der Waals surface area contributed by atoms with Crippen LogP contribution in [0.5, 0.6) is 0 Å². The molecule has 0 heterocycles. The quantitative estimate of drug-likeness (QED) is 0.433. The molecule has 0 aliphatic heterocycles. The maximum atomic E-state index is 10.0. The fourth-order valence-corrected chi connectivity index (χ4v) is 0.144. The van der Waals surface area contributed by atoms with Crippen LogP contribution in [0.25, 0.3) is 0 Å². The van der Waals surface area contributed by atoms with Crippen LogP contribution in [0.15, 0.2) is 12.0 Å². The minimum absolute atomic E-state index is 0.0324. The van der Waals surface area contributed by atoms with Crippen molar-refractivity contribution in [2.45, 2.75) is 6.92 Å². The Labute approximate surface area is 37.5 Å². The average Bonchev–Trinajstić information content (AvgIpc) is 1.65. The summed E-state index contributed by atoms with van der Waals surface area (Å²) in [6.45, 7) is 1.69. The Morgan fingerprint density at radius 2 is 2.33 bits per heavy atom. The van der Waals surface area contributed by atoms with Crippen molar-refractivity contribution in [3.8, 4) is 0 Å². The van der Waals surface area contributed by atoms with Crippen LogP contribution in [0.2, 0.25) is 0 Å². The predicted octanol–water partition coefficient (Wildman–Crippen LogP) is -0.573. The van der Waals surface area contributed by atoms with E-state index in [1.807, 2.05) is 0 Å². The summed E-state index contributed by atoms with van der Waals surface area (Å²) < 4.78 is 0. The van der Waals surface area contributed by atoms with Crippen molar-refractivity contribution in [1.82, 2.24) is 5.32 Å². The van der Waals surface area contributed by atoms with Gasteiger partial charge in [-0.2, -0.15) is 0 Å². The van der Waals surface area contributed by atoms with Gasteiger partial charge >= 0.3 is 0 Å². The Morgan fingerprint density at radius 1 is 1.83 bits per heavy atom. The van der Waals surface area contributed by atoms with Crippen LogP contribution in [-0.4, -0.2) is 7.05 Å². The lowest BCUT2D eigenvalue weighted by Crippen LogP contribution is -2.17. The zero-order valence-corrected chi connectivity index (χ0v) is 3.99. The molecule has 0 atom stereocenters. The van der Waals surface area contributed by atoms with Crippen LogP contribution in [0, 0.1) is 0 Å². The van der Waals surface area contributed by atoms with Crippen molar-refractivity contribution in [1.29, 1.82) is 0 Å². The summed E-state index contributed by atoms with van der Waals surface area (Å²) in [5, 5.41) is 12.4. The zero-order valence-electron chi connectivity index (χ0n) is 3.99. The molecule has 0 aliphatic rings. The van der Waals surface area contributed by atoms with Gasteiger partial charge in [0.25, 0.3) is 0 Å². The van der Waals surface area contributed by atoms with E-state index in [1.54, 1.807) is 14.0 Å². The summed E-state index contributed by atoms with van der Waals surface area (Å²) >= 11 is 0. The summed E-state index contributed by atoms with van der Waals surface area (Å²) in [7, 11) is 1.60. The minimum atomic E-state index is -0.0324. The van der Waals surface area contributed by atoms with Gasteiger partial charge in [0.05, 0.1) is 0 Å². The van der Waals surface area contributed by atoms with Crippen LogP contribution in [-0.2, 0) is 0 Å². The lowest BCUT2D eigenvalue weighted by Gasteiger charge is -2.06. The van der Waals surface area contributed by atoms with Crippen molar-refractivity contribution in [3.05, 3.63) is 12.0 Å². The molecule has 2 nitrogen and oxygen atoms in total. The highest BCUT2D eigenvalue weighted by molar-refractivity contribution is 4.79. The third-order valence-electron chi connectivity index (χ3n) is 0.509. The molecule has 36 valence electrons. The van der Waals surface area contributed by atoms with Gasteiger partial charge in [0.2, 0.25) is 0 Å². The maximum absolute atomic E-state index is 10.0. The second-order valence-corrected chi connectivity index (χ2v) is 0.903. The summed E-state index contributed by atoms with van der Waals surface area (Å²) in [5.41, 5.74) is 0. The summed E-state index contributed by atoms with van der Waals surface area (Å²) in [5.74, 6) is -0.0324. The van der Waals surface area contributed by atoms with Crippen molar-refractivity contribution >= 4 is 0 Å². The number of rotatable bonds is 1. The third-order valence-corrected chi connectivity index (χ3v) is 0.509. The molecule has 1 N–H and O–H groups in total. The van der Waals surface area contributed by atoms with Gasteiger partial charge in [-0.3, -0.25) is 0 Å². The second kappa shape index (κ2) is 2.57. The van der Waals surface area contributed by atoms with Gasteiger partial charge in [0.1, 0.15) is 0 Å². The Kier molecular flexibility index (Phi) is 2.29. The molecule has 0 saturated carbocycles. The van der Waals surface area contributed by atoms with Gasteiger partial charge in [-0.05, 0) is 6.92 Å². The molecule has 0 amide bonds. The first kappa shape index (κ1) is 5.34. The maximum Gasteiger partial charge on any atom is 0.00220 e. The highest BCUT2D eigenvalue weighted by Crippen LogP contribution is 1.66. The van der Waals surface area contributed by atoms with Crippen molar-refractivity contribution in [3.63, 3.8) is 0 Å². The molecule has 0 unspecified atom stereocenters. The summed E-state index contributed by atoms with van der Waals surface area (Å²) in [6, 6.07) is 0. The van der Waals surface area contributed by atoms with Gasteiger partial charge in [0, 0.05) is 7.05 Å². The first-order valence-electron chi connectivity index (χ1n) is 1.82.